The van der Waals surface area contributed by atoms with Crippen LogP contribution < -0.4 is 5.32 Å². The Bertz CT molecular complexity index is 477. The molecule has 5 heteroatoms. The van der Waals surface area contributed by atoms with Crippen LogP contribution in [-0.4, -0.2) is 18.1 Å². The highest BCUT2D eigenvalue weighted by atomic mass is 32.1. The van der Waals surface area contributed by atoms with Gasteiger partial charge in [-0.3, -0.25) is 0 Å². The summed E-state index contributed by atoms with van der Waals surface area (Å²) in [6.07, 6.45) is 0. The third-order valence-corrected chi connectivity index (χ3v) is 4.33. The molecule has 2 heterocycles. The van der Waals surface area contributed by atoms with Crippen molar-refractivity contribution in [2.75, 3.05) is 7.11 Å². The van der Waals surface area contributed by atoms with E-state index in [4.69, 9.17) is 4.74 Å². The van der Waals surface area contributed by atoms with Gasteiger partial charge in [-0.05, 0) is 11.4 Å². The van der Waals surface area contributed by atoms with E-state index >= 15 is 0 Å². The van der Waals surface area contributed by atoms with E-state index < -0.39 is 0 Å². The Kier molecular flexibility index (Phi) is 4.88. The fourth-order valence-corrected chi connectivity index (χ4v) is 3.30. The molecule has 0 bridgehead atoms. The van der Waals surface area contributed by atoms with Crippen LogP contribution in [0.25, 0.3) is 10.6 Å². The van der Waals surface area contributed by atoms with Gasteiger partial charge in [0, 0.05) is 35.5 Å². The molecule has 0 aliphatic heterocycles. The third-order valence-electron chi connectivity index (χ3n) is 2.50. The maximum absolute atomic E-state index is 5.23. The number of aromatic nitrogens is 1. The Morgan fingerprint density at radius 2 is 2.28 bits per heavy atom. The van der Waals surface area contributed by atoms with Crippen molar-refractivity contribution in [1.29, 1.82) is 0 Å². The average molecular weight is 282 g/mol. The number of ether oxygens (including phenoxy) is 1. The molecule has 0 spiro atoms. The first-order valence-electron chi connectivity index (χ1n) is 5.94. The smallest absolute Gasteiger partial charge is 0.124 e. The fraction of sp³-hybridized carbons (Fsp3) is 0.462. The van der Waals surface area contributed by atoms with Gasteiger partial charge < -0.3 is 10.1 Å². The minimum Gasteiger partial charge on any atom is -0.378 e. The standard InChI is InChI=1S/C13H18N2OS2/c1-9(2)14-6-12-11(7-16-3)15-13(18-12)10-4-5-17-8-10/h4-5,8-9,14H,6-7H2,1-3H3. The normalized spacial score (nSPS) is 11.3. The largest absolute Gasteiger partial charge is 0.378 e. The molecule has 98 valence electrons. The van der Waals surface area contributed by atoms with Crippen molar-refractivity contribution >= 4 is 22.7 Å². The Morgan fingerprint density at radius 3 is 2.89 bits per heavy atom. The van der Waals surface area contributed by atoms with Crippen molar-refractivity contribution in [3.63, 3.8) is 0 Å². The van der Waals surface area contributed by atoms with Crippen LogP contribution >= 0.6 is 22.7 Å². The molecule has 18 heavy (non-hydrogen) atoms. The SMILES string of the molecule is COCc1nc(-c2ccsc2)sc1CNC(C)C. The molecular formula is C13H18N2OS2. The number of hydrogen-bond donors (Lipinski definition) is 1. The Hall–Kier alpha value is -0.750. The van der Waals surface area contributed by atoms with Crippen molar-refractivity contribution in [1.82, 2.24) is 10.3 Å². The molecule has 2 rings (SSSR count). The summed E-state index contributed by atoms with van der Waals surface area (Å²) in [5.41, 5.74) is 2.26. The number of nitrogens with one attached hydrogen (secondary N) is 1. The summed E-state index contributed by atoms with van der Waals surface area (Å²) in [4.78, 5) is 5.95. The molecule has 0 unspecified atom stereocenters. The van der Waals surface area contributed by atoms with Crippen LogP contribution in [0, 0.1) is 0 Å². The van der Waals surface area contributed by atoms with Gasteiger partial charge in [0.1, 0.15) is 5.01 Å². The zero-order valence-electron chi connectivity index (χ0n) is 10.9. The summed E-state index contributed by atoms with van der Waals surface area (Å²) in [6, 6.07) is 2.59. The molecule has 0 saturated carbocycles. The molecule has 2 aromatic rings. The number of thiophene rings is 1. The van der Waals surface area contributed by atoms with Crippen LogP contribution in [0.2, 0.25) is 0 Å². The van der Waals surface area contributed by atoms with E-state index in [1.54, 1.807) is 29.8 Å². The highest BCUT2D eigenvalue weighted by molar-refractivity contribution is 7.15. The van der Waals surface area contributed by atoms with E-state index in [1.807, 2.05) is 0 Å². The van der Waals surface area contributed by atoms with Gasteiger partial charge in [0.2, 0.25) is 0 Å². The predicted octanol–water partition coefficient (Wildman–Crippen LogP) is 3.52. The van der Waals surface area contributed by atoms with E-state index in [0.29, 0.717) is 12.6 Å². The van der Waals surface area contributed by atoms with Gasteiger partial charge in [-0.2, -0.15) is 11.3 Å². The number of hydrogen-bond acceptors (Lipinski definition) is 5. The second-order valence-electron chi connectivity index (χ2n) is 4.37. The molecule has 3 nitrogen and oxygen atoms in total. The zero-order chi connectivity index (χ0) is 13.0. The lowest BCUT2D eigenvalue weighted by Crippen LogP contribution is -2.21. The topological polar surface area (TPSA) is 34.1 Å². The molecule has 0 amide bonds. The molecule has 0 aromatic carbocycles. The monoisotopic (exact) mass is 282 g/mol. The van der Waals surface area contributed by atoms with E-state index in [1.165, 1.54) is 10.4 Å². The molecular weight excluding hydrogens is 264 g/mol. The highest BCUT2D eigenvalue weighted by Gasteiger charge is 2.12. The summed E-state index contributed by atoms with van der Waals surface area (Å²) in [5.74, 6) is 0. The van der Waals surface area contributed by atoms with Gasteiger partial charge in [0.15, 0.2) is 0 Å². The van der Waals surface area contributed by atoms with Gasteiger partial charge in [-0.1, -0.05) is 13.8 Å². The summed E-state index contributed by atoms with van der Waals surface area (Å²) in [6.45, 7) is 5.74. The van der Waals surface area contributed by atoms with Crippen molar-refractivity contribution in [2.24, 2.45) is 0 Å². The van der Waals surface area contributed by atoms with Crippen molar-refractivity contribution in [3.05, 3.63) is 27.4 Å². The fourth-order valence-electron chi connectivity index (χ4n) is 1.58. The first-order valence-corrected chi connectivity index (χ1v) is 7.70. The lowest BCUT2D eigenvalue weighted by atomic mass is 10.3. The van der Waals surface area contributed by atoms with Gasteiger partial charge in [0.05, 0.1) is 12.3 Å². The quantitative estimate of drug-likeness (QED) is 0.880. The van der Waals surface area contributed by atoms with E-state index in [9.17, 15) is 0 Å². The van der Waals surface area contributed by atoms with Crippen LogP contribution in [0.4, 0.5) is 0 Å². The van der Waals surface area contributed by atoms with Gasteiger partial charge in [-0.25, -0.2) is 4.98 Å². The number of nitrogens with zero attached hydrogens (tertiary/aromatic N) is 1. The molecule has 2 aromatic heterocycles. The first-order chi connectivity index (χ1) is 8.70. The Morgan fingerprint density at radius 1 is 1.44 bits per heavy atom. The van der Waals surface area contributed by atoms with Gasteiger partial charge >= 0.3 is 0 Å². The second kappa shape index (κ2) is 6.43. The van der Waals surface area contributed by atoms with Crippen LogP contribution in [0.15, 0.2) is 16.8 Å². The number of thiazole rings is 1. The minimum absolute atomic E-state index is 0.479. The van der Waals surface area contributed by atoms with Crippen molar-refractivity contribution < 1.29 is 4.74 Å². The van der Waals surface area contributed by atoms with E-state index in [0.717, 1.165) is 17.2 Å². The van der Waals surface area contributed by atoms with Gasteiger partial charge in [0.25, 0.3) is 0 Å². The molecule has 0 aliphatic rings. The van der Waals surface area contributed by atoms with E-state index in [-0.39, 0.29) is 0 Å². The molecule has 1 N–H and O–H groups in total. The lowest BCUT2D eigenvalue weighted by Gasteiger charge is -2.07. The van der Waals surface area contributed by atoms with Crippen molar-refractivity contribution in [2.45, 2.75) is 33.0 Å². The Balaban J connectivity index is 2.21. The van der Waals surface area contributed by atoms with Crippen LogP contribution in [0.5, 0.6) is 0 Å². The summed E-state index contributed by atoms with van der Waals surface area (Å²) >= 11 is 3.45. The number of methoxy groups -OCH3 is 1. The average Bonchev–Trinajstić information content (AvgIpc) is 2.95. The van der Waals surface area contributed by atoms with Crippen LogP contribution in [0.1, 0.15) is 24.4 Å². The predicted molar refractivity (Wildman–Crippen MR) is 78.1 cm³/mol. The lowest BCUT2D eigenvalue weighted by molar-refractivity contribution is 0.181. The minimum atomic E-state index is 0.479. The maximum atomic E-state index is 5.23. The summed E-state index contributed by atoms with van der Waals surface area (Å²) in [5, 5.41) is 8.74. The number of rotatable bonds is 6. The zero-order valence-corrected chi connectivity index (χ0v) is 12.5. The highest BCUT2D eigenvalue weighted by Crippen LogP contribution is 2.30. The maximum Gasteiger partial charge on any atom is 0.124 e. The first kappa shape index (κ1) is 13.7. The summed E-state index contributed by atoms with van der Waals surface area (Å²) in [7, 11) is 1.71. The summed E-state index contributed by atoms with van der Waals surface area (Å²) < 4.78 is 5.23. The van der Waals surface area contributed by atoms with Crippen LogP contribution in [0.3, 0.4) is 0 Å². The molecule has 0 aliphatic carbocycles. The second-order valence-corrected chi connectivity index (χ2v) is 6.23. The molecule has 0 radical (unpaired) electrons. The van der Waals surface area contributed by atoms with Crippen molar-refractivity contribution in [3.8, 4) is 10.6 Å². The molecule has 0 atom stereocenters. The van der Waals surface area contributed by atoms with E-state index in [2.05, 4.69) is 41.0 Å². The third kappa shape index (κ3) is 3.38. The molecule has 0 fully saturated rings. The Labute approximate surface area is 116 Å². The van der Waals surface area contributed by atoms with Crippen LogP contribution in [-0.2, 0) is 17.9 Å². The molecule has 0 saturated heterocycles. The van der Waals surface area contributed by atoms with Gasteiger partial charge in [-0.15, -0.1) is 11.3 Å².